The van der Waals surface area contributed by atoms with E-state index in [9.17, 15) is 39.6 Å². The molecular formula is C25H32Ac3N4O10. The van der Waals surface area contributed by atoms with Gasteiger partial charge in [-0.2, -0.15) is 0 Å². The van der Waals surface area contributed by atoms with Gasteiger partial charge in [0, 0.05) is 163 Å². The molecule has 0 aliphatic carbocycles. The largest absolute Gasteiger partial charge is 0.392 e. The van der Waals surface area contributed by atoms with Crippen LogP contribution >= 0.6 is 0 Å². The van der Waals surface area contributed by atoms with Crippen LogP contribution in [0.2, 0.25) is 0 Å². The van der Waals surface area contributed by atoms with Crippen molar-refractivity contribution in [3.05, 3.63) is 66.2 Å². The Labute approximate surface area is 348 Å². The van der Waals surface area contributed by atoms with E-state index in [0.29, 0.717) is 6.42 Å². The standard InChI is InChI=1S/C13H16N2O4.C11H12N2O6.CH4.3Ac/c1-4-13(5-2)8(3)10(17)11(19-13)15-7-6-9(16)14-12(15)18;1-2-11(5-14)8(17)7(16)9(19-11)13-4-3-6(15)12-10(13)18;;;;/h1,6-8,10-11,17H,5H2,2-3H3,(H,14,16,18);1,3-4,7-9,14,16-17H,5H2,(H,12,15,18);1H4;;;/t8?,10?,11-,13-;7?,8?,9-,11-;;;;/m11..../s1. The van der Waals surface area contributed by atoms with Gasteiger partial charge in [0.15, 0.2) is 18.1 Å². The van der Waals surface area contributed by atoms with Gasteiger partial charge in [0.2, 0.25) is 0 Å². The molecular weight excluding hydrogens is 1200 g/mol. The van der Waals surface area contributed by atoms with Crippen molar-refractivity contribution < 1.29 is 162 Å². The number of nitrogens with zero attached hydrogens (tertiary/aromatic N) is 2. The molecule has 0 spiro atoms. The van der Waals surface area contributed by atoms with E-state index >= 15 is 0 Å². The van der Waals surface area contributed by atoms with Crippen molar-refractivity contribution in [1.29, 1.82) is 0 Å². The Balaban J connectivity index is 0. The fraction of sp³-hybridized carbons (Fsp3) is 0.520. The maximum Gasteiger partial charge on any atom is 0.330 e. The fourth-order valence-electron chi connectivity index (χ4n) is 4.37. The van der Waals surface area contributed by atoms with E-state index in [4.69, 9.17) is 22.3 Å². The summed E-state index contributed by atoms with van der Waals surface area (Å²) in [7, 11) is 0. The summed E-state index contributed by atoms with van der Waals surface area (Å²) in [5.74, 6) is 4.32. The van der Waals surface area contributed by atoms with Gasteiger partial charge in [0.25, 0.3) is 11.1 Å². The van der Waals surface area contributed by atoms with Gasteiger partial charge in [0.1, 0.15) is 23.9 Å². The zero-order valence-electron chi connectivity index (χ0n) is 22.2. The summed E-state index contributed by atoms with van der Waals surface area (Å²) < 4.78 is 13.0. The molecule has 2 saturated heterocycles. The molecule has 17 heteroatoms. The molecule has 0 saturated carbocycles. The van der Waals surface area contributed by atoms with Gasteiger partial charge in [-0.1, -0.05) is 33.1 Å². The second-order valence-corrected chi connectivity index (χ2v) is 8.85. The first-order chi connectivity index (χ1) is 17.9. The monoisotopic (exact) mass is 1230 g/mol. The van der Waals surface area contributed by atoms with Crippen molar-refractivity contribution in [2.75, 3.05) is 6.61 Å². The van der Waals surface area contributed by atoms with Crippen LogP contribution in [0.25, 0.3) is 0 Å². The third kappa shape index (κ3) is 8.88. The molecule has 14 nitrogen and oxygen atoms in total. The summed E-state index contributed by atoms with van der Waals surface area (Å²) in [6.07, 6.45) is 7.41. The molecule has 3 radical (unpaired) electrons. The molecule has 0 amide bonds. The first-order valence-electron chi connectivity index (χ1n) is 11.5. The number of aromatic nitrogens is 4. The van der Waals surface area contributed by atoms with E-state index in [2.05, 4.69) is 16.8 Å². The maximum atomic E-state index is 11.7. The molecule has 4 rings (SSSR count). The molecule has 2 fully saturated rings. The molecule has 0 bridgehead atoms. The van der Waals surface area contributed by atoms with Crippen LogP contribution in [0.15, 0.2) is 43.7 Å². The first-order valence-corrected chi connectivity index (χ1v) is 11.5. The van der Waals surface area contributed by atoms with Crippen LogP contribution in [-0.2, 0) is 9.47 Å². The molecule has 4 unspecified atom stereocenters. The van der Waals surface area contributed by atoms with Crippen molar-refractivity contribution in [1.82, 2.24) is 19.1 Å². The Morgan fingerprint density at radius 2 is 1.26 bits per heavy atom. The number of aliphatic hydroxyl groups excluding tert-OH is 4. The number of aliphatic hydroxyl groups is 4. The molecule has 2 aromatic heterocycles. The van der Waals surface area contributed by atoms with Gasteiger partial charge in [-0.3, -0.25) is 28.7 Å². The second-order valence-electron chi connectivity index (χ2n) is 8.85. The van der Waals surface area contributed by atoms with Gasteiger partial charge in [0.05, 0.1) is 6.61 Å². The quantitative estimate of drug-likeness (QED) is 0.180. The van der Waals surface area contributed by atoms with Crippen LogP contribution in [0.3, 0.4) is 0 Å². The van der Waals surface area contributed by atoms with Gasteiger partial charge >= 0.3 is 11.4 Å². The van der Waals surface area contributed by atoms with Gasteiger partial charge in [-0.15, -0.1) is 12.8 Å². The number of H-pyrrole nitrogens is 2. The minimum Gasteiger partial charge on any atom is -0.392 e. The van der Waals surface area contributed by atoms with E-state index in [1.807, 2.05) is 11.9 Å². The number of rotatable bonds is 4. The van der Waals surface area contributed by atoms with Crippen LogP contribution in [0.4, 0.5) is 0 Å². The number of nitrogens with one attached hydrogen (secondary N) is 2. The molecule has 221 valence electrons. The summed E-state index contributed by atoms with van der Waals surface area (Å²) in [4.78, 5) is 49.4. The number of aromatic amines is 2. The summed E-state index contributed by atoms with van der Waals surface area (Å²) in [5.41, 5.74) is -5.26. The first kappa shape index (κ1) is 44.7. The molecule has 2 aliphatic heterocycles. The van der Waals surface area contributed by atoms with E-state index in [1.165, 1.54) is 12.3 Å². The summed E-state index contributed by atoms with van der Waals surface area (Å²) in [6, 6.07) is 2.25. The minimum absolute atomic E-state index is 0. The van der Waals surface area contributed by atoms with Crippen LogP contribution in [0.1, 0.15) is 40.2 Å². The Kier molecular flexibility index (Phi) is 19.8. The average Bonchev–Trinajstić information content (AvgIpc) is 3.30. The fourth-order valence-corrected chi connectivity index (χ4v) is 4.37. The third-order valence-corrected chi connectivity index (χ3v) is 6.79. The third-order valence-electron chi connectivity index (χ3n) is 6.79. The Morgan fingerprint density at radius 3 is 1.57 bits per heavy atom. The minimum atomic E-state index is -1.79. The maximum absolute atomic E-state index is 11.7. The van der Waals surface area contributed by atoms with Gasteiger partial charge < -0.3 is 29.9 Å². The molecule has 2 aliphatic rings. The normalized spacial score (nSPS) is 30.9. The van der Waals surface area contributed by atoms with E-state index in [1.54, 1.807) is 6.92 Å². The van der Waals surface area contributed by atoms with Crippen LogP contribution in [0.5, 0.6) is 0 Å². The van der Waals surface area contributed by atoms with E-state index < -0.39 is 71.1 Å². The van der Waals surface area contributed by atoms with Crippen molar-refractivity contribution in [2.24, 2.45) is 5.92 Å². The Hall–Kier alpha value is 0.565. The van der Waals surface area contributed by atoms with E-state index in [-0.39, 0.29) is 146 Å². The second kappa shape index (κ2) is 18.6. The van der Waals surface area contributed by atoms with Crippen molar-refractivity contribution >= 4 is 0 Å². The predicted molar refractivity (Wildman–Crippen MR) is 137 cm³/mol. The summed E-state index contributed by atoms with van der Waals surface area (Å²) in [6.45, 7) is 2.92. The molecule has 4 heterocycles. The molecule has 0 aromatic carbocycles. The van der Waals surface area contributed by atoms with Crippen molar-refractivity contribution in [2.45, 2.75) is 69.7 Å². The number of hydrogen-bond donors (Lipinski definition) is 6. The Bertz CT molecular complexity index is 1380. The zero-order valence-corrected chi connectivity index (χ0v) is 36.4. The number of hydrogen-bond acceptors (Lipinski definition) is 10. The van der Waals surface area contributed by atoms with Gasteiger partial charge in [-0.05, 0) is 6.42 Å². The predicted octanol–water partition coefficient (Wildman–Crippen LogP) is -2.37. The van der Waals surface area contributed by atoms with Gasteiger partial charge in [-0.25, -0.2) is 9.59 Å². The number of ether oxygens (including phenoxy) is 2. The van der Waals surface area contributed by atoms with Crippen LogP contribution in [0, 0.1) is 163 Å². The van der Waals surface area contributed by atoms with Crippen molar-refractivity contribution in [3.8, 4) is 24.7 Å². The smallest absolute Gasteiger partial charge is 0.330 e. The Morgan fingerprint density at radius 1 is 0.857 bits per heavy atom. The van der Waals surface area contributed by atoms with Crippen molar-refractivity contribution in [3.63, 3.8) is 0 Å². The van der Waals surface area contributed by atoms with Crippen LogP contribution in [-0.4, -0.2) is 75.6 Å². The molecule has 2 aromatic rings. The topological polar surface area (TPSA) is 209 Å². The average molecular weight is 1230 g/mol. The SMILES string of the molecule is C.C#C[C@]1(CC)O[C@@H](n2ccc(=O)[nH]c2=O)C(O)C1C.C#C[C@]1(CO)O[C@@H](n2ccc(=O)[nH]c2=O)C(O)C1O.[Ac].[Ac].[Ac]. The molecule has 6 N–H and O–H groups in total. The zero-order chi connectivity index (χ0) is 28.4. The van der Waals surface area contributed by atoms with Crippen LogP contribution < -0.4 is 22.5 Å². The summed E-state index contributed by atoms with van der Waals surface area (Å²) >= 11 is 0. The van der Waals surface area contributed by atoms with E-state index in [0.717, 1.165) is 21.4 Å². The molecule has 42 heavy (non-hydrogen) atoms. The summed E-state index contributed by atoms with van der Waals surface area (Å²) in [5, 5.41) is 39.1. The number of terminal acetylenes is 2. The molecule has 8 atom stereocenters.